The molecule has 0 spiro atoms. The van der Waals surface area contributed by atoms with Crippen LogP contribution in [-0.4, -0.2) is 46.5 Å². The molecule has 1 fully saturated rings. The number of ether oxygens (including phenoxy) is 2. The first-order valence-electron chi connectivity index (χ1n) is 7.14. The Hall–Kier alpha value is -2.06. The zero-order valence-corrected chi connectivity index (χ0v) is 15.1. The summed E-state index contributed by atoms with van der Waals surface area (Å²) in [5, 5.41) is 9.28. The summed E-state index contributed by atoms with van der Waals surface area (Å²) in [6.07, 6.45) is 1.91. The number of hydrogen-bond acceptors (Lipinski definition) is 6. The number of carboxylic acid groups (broad SMARTS) is 1. The summed E-state index contributed by atoms with van der Waals surface area (Å²) in [5.41, 5.74) is 0.653. The molecule has 1 atom stereocenters. The Balaban J connectivity index is 2.40. The second kappa shape index (κ2) is 7.67. The maximum absolute atomic E-state index is 12.6. The van der Waals surface area contributed by atoms with Crippen molar-refractivity contribution in [2.75, 3.05) is 14.2 Å². The van der Waals surface area contributed by atoms with Gasteiger partial charge < -0.3 is 14.6 Å². The molecule has 1 aliphatic rings. The van der Waals surface area contributed by atoms with Crippen molar-refractivity contribution in [3.8, 4) is 11.5 Å². The van der Waals surface area contributed by atoms with Crippen molar-refractivity contribution in [2.45, 2.75) is 19.4 Å². The zero-order valence-electron chi connectivity index (χ0n) is 13.4. The maximum Gasteiger partial charge on any atom is 0.326 e. The van der Waals surface area contributed by atoms with Crippen molar-refractivity contribution >= 4 is 46.3 Å². The molecule has 1 saturated heterocycles. The molecule has 1 N–H and O–H groups in total. The molecule has 8 heteroatoms. The predicted molar refractivity (Wildman–Crippen MR) is 96.3 cm³/mol. The summed E-state index contributed by atoms with van der Waals surface area (Å²) in [4.78, 5) is 25.4. The van der Waals surface area contributed by atoms with E-state index in [2.05, 4.69) is 0 Å². The highest BCUT2D eigenvalue weighted by atomic mass is 32.2. The number of nitrogens with zero attached hydrogens (tertiary/aromatic N) is 1. The van der Waals surface area contributed by atoms with Crippen LogP contribution in [-0.2, 0) is 9.59 Å². The van der Waals surface area contributed by atoms with Crippen LogP contribution in [0.5, 0.6) is 11.5 Å². The molecule has 2 rings (SSSR count). The normalized spacial score (nSPS) is 17.3. The maximum atomic E-state index is 12.6. The third kappa shape index (κ3) is 3.54. The van der Waals surface area contributed by atoms with Gasteiger partial charge in [-0.25, -0.2) is 4.79 Å². The van der Waals surface area contributed by atoms with Gasteiger partial charge >= 0.3 is 5.97 Å². The molecule has 128 valence electrons. The van der Waals surface area contributed by atoms with E-state index in [1.807, 2.05) is 0 Å². The van der Waals surface area contributed by atoms with E-state index in [1.165, 1.54) is 7.11 Å². The first kappa shape index (κ1) is 18.3. The lowest BCUT2D eigenvalue weighted by atomic mass is 10.1. The molecule has 1 heterocycles. The number of thiocarbonyl (C=S) groups is 1. The van der Waals surface area contributed by atoms with E-state index < -0.39 is 17.9 Å². The van der Waals surface area contributed by atoms with Gasteiger partial charge in [-0.1, -0.05) is 30.9 Å². The first-order chi connectivity index (χ1) is 11.4. The molecule has 1 aliphatic heterocycles. The second-order valence-corrected chi connectivity index (χ2v) is 6.60. The van der Waals surface area contributed by atoms with Crippen LogP contribution in [0.15, 0.2) is 23.1 Å². The van der Waals surface area contributed by atoms with Crippen molar-refractivity contribution in [3.05, 3.63) is 28.7 Å². The smallest absolute Gasteiger partial charge is 0.326 e. The molecule has 6 nitrogen and oxygen atoms in total. The summed E-state index contributed by atoms with van der Waals surface area (Å²) in [5.74, 6) is -0.293. The van der Waals surface area contributed by atoms with Crippen LogP contribution in [0, 0.1) is 0 Å². The van der Waals surface area contributed by atoms with Gasteiger partial charge in [0, 0.05) is 5.56 Å². The standard InChI is InChI=1S/C16H17NO5S2/c1-4-11(15(19)20)17-14(18)13(24-16(17)23)8-9-7-10(21-2)5-6-12(9)22-3/h5-8,11H,4H2,1-3H3,(H,19,20)/b13-8+/t11-/m1/s1. The third-order valence-corrected chi connectivity index (χ3v) is 4.86. The number of carboxylic acids is 1. The van der Waals surface area contributed by atoms with Gasteiger partial charge in [-0.2, -0.15) is 0 Å². The number of aliphatic carboxylic acids is 1. The molecule has 1 amide bonds. The number of carbonyl (C=O) groups is 2. The third-order valence-electron chi connectivity index (χ3n) is 3.53. The summed E-state index contributed by atoms with van der Waals surface area (Å²) < 4.78 is 10.7. The molecule has 1 aromatic rings. The lowest BCUT2D eigenvalue weighted by molar-refractivity contribution is -0.145. The minimum Gasteiger partial charge on any atom is -0.497 e. The first-order valence-corrected chi connectivity index (χ1v) is 8.37. The Bertz CT molecular complexity index is 716. The highest BCUT2D eigenvalue weighted by Gasteiger charge is 2.39. The largest absolute Gasteiger partial charge is 0.497 e. The van der Waals surface area contributed by atoms with E-state index in [0.29, 0.717) is 22.0 Å². The topological polar surface area (TPSA) is 76.1 Å². The SMILES string of the molecule is CC[C@H](C(=O)O)N1C(=O)/C(=C\c2cc(OC)ccc2OC)SC1=S. The molecule has 0 saturated carbocycles. The zero-order chi connectivity index (χ0) is 17.9. The van der Waals surface area contributed by atoms with Crippen LogP contribution < -0.4 is 9.47 Å². The lowest BCUT2D eigenvalue weighted by Crippen LogP contribution is -2.43. The van der Waals surface area contributed by atoms with Crippen molar-refractivity contribution in [3.63, 3.8) is 0 Å². The van der Waals surface area contributed by atoms with Gasteiger partial charge in [0.1, 0.15) is 21.9 Å². The van der Waals surface area contributed by atoms with Gasteiger partial charge in [-0.3, -0.25) is 9.69 Å². The van der Waals surface area contributed by atoms with Crippen LogP contribution >= 0.6 is 24.0 Å². The van der Waals surface area contributed by atoms with Crippen LogP contribution in [0.25, 0.3) is 6.08 Å². The number of benzene rings is 1. The van der Waals surface area contributed by atoms with Crippen LogP contribution in [0.3, 0.4) is 0 Å². The highest BCUT2D eigenvalue weighted by Crippen LogP contribution is 2.36. The van der Waals surface area contributed by atoms with Crippen molar-refractivity contribution in [1.29, 1.82) is 0 Å². The number of amides is 1. The van der Waals surface area contributed by atoms with Gasteiger partial charge in [-0.05, 0) is 30.7 Å². The molecule has 0 unspecified atom stereocenters. The monoisotopic (exact) mass is 367 g/mol. The van der Waals surface area contributed by atoms with E-state index >= 15 is 0 Å². The molecule has 1 aromatic carbocycles. The Morgan fingerprint density at radius 3 is 2.67 bits per heavy atom. The van der Waals surface area contributed by atoms with Gasteiger partial charge in [0.25, 0.3) is 5.91 Å². The molecular formula is C16H17NO5S2. The van der Waals surface area contributed by atoms with Gasteiger partial charge in [0.05, 0.1) is 19.1 Å². The van der Waals surface area contributed by atoms with Crippen LogP contribution in [0.4, 0.5) is 0 Å². The van der Waals surface area contributed by atoms with Gasteiger partial charge in [-0.15, -0.1) is 0 Å². The van der Waals surface area contributed by atoms with Gasteiger partial charge in [0.2, 0.25) is 0 Å². The van der Waals surface area contributed by atoms with Gasteiger partial charge in [0.15, 0.2) is 0 Å². The fraction of sp³-hybridized carbons (Fsp3) is 0.312. The fourth-order valence-corrected chi connectivity index (χ4v) is 3.66. The molecule has 0 aliphatic carbocycles. The highest BCUT2D eigenvalue weighted by molar-refractivity contribution is 8.26. The Kier molecular flexibility index (Phi) is 5.84. The Labute approximate surface area is 149 Å². The average molecular weight is 367 g/mol. The number of hydrogen-bond donors (Lipinski definition) is 1. The second-order valence-electron chi connectivity index (χ2n) is 4.92. The van der Waals surface area contributed by atoms with Crippen LogP contribution in [0.2, 0.25) is 0 Å². The molecule has 0 bridgehead atoms. The quantitative estimate of drug-likeness (QED) is 0.612. The fourth-order valence-electron chi connectivity index (χ4n) is 2.31. The Morgan fingerprint density at radius 1 is 1.42 bits per heavy atom. The van der Waals surface area contributed by atoms with Crippen molar-refractivity contribution in [2.24, 2.45) is 0 Å². The minimum atomic E-state index is -1.07. The van der Waals surface area contributed by atoms with E-state index in [1.54, 1.807) is 38.3 Å². The predicted octanol–water partition coefficient (Wildman–Crippen LogP) is 2.77. The number of rotatable bonds is 6. The number of methoxy groups -OCH3 is 2. The van der Waals surface area contributed by atoms with Crippen molar-refractivity contribution in [1.82, 2.24) is 4.90 Å². The average Bonchev–Trinajstić information content (AvgIpc) is 2.83. The van der Waals surface area contributed by atoms with E-state index in [0.717, 1.165) is 16.7 Å². The molecule has 0 radical (unpaired) electrons. The number of thioether (sulfide) groups is 1. The van der Waals surface area contributed by atoms with Crippen LogP contribution in [0.1, 0.15) is 18.9 Å². The molecular weight excluding hydrogens is 350 g/mol. The molecule has 24 heavy (non-hydrogen) atoms. The summed E-state index contributed by atoms with van der Waals surface area (Å²) in [6, 6.07) is 4.26. The summed E-state index contributed by atoms with van der Waals surface area (Å²) in [6.45, 7) is 1.70. The summed E-state index contributed by atoms with van der Waals surface area (Å²) >= 11 is 6.27. The van der Waals surface area contributed by atoms with E-state index in [-0.39, 0.29) is 10.7 Å². The summed E-state index contributed by atoms with van der Waals surface area (Å²) in [7, 11) is 3.08. The van der Waals surface area contributed by atoms with E-state index in [4.69, 9.17) is 21.7 Å². The van der Waals surface area contributed by atoms with Crippen molar-refractivity contribution < 1.29 is 24.2 Å². The lowest BCUT2D eigenvalue weighted by Gasteiger charge is -2.21. The van der Waals surface area contributed by atoms with E-state index in [9.17, 15) is 14.7 Å². The Morgan fingerprint density at radius 2 is 2.12 bits per heavy atom. The number of carbonyl (C=O) groups excluding carboxylic acids is 1. The minimum absolute atomic E-state index is 0.238. The molecule has 0 aromatic heterocycles.